The van der Waals surface area contributed by atoms with E-state index in [1.54, 1.807) is 0 Å². The molecule has 1 atom stereocenters. The molecule has 92 valence electrons. The lowest BCUT2D eigenvalue weighted by molar-refractivity contribution is 0.0787. The van der Waals surface area contributed by atoms with E-state index in [0.717, 1.165) is 35.1 Å². The molecule has 2 rings (SSSR count). The highest BCUT2D eigenvalue weighted by molar-refractivity contribution is 14.1. The summed E-state index contributed by atoms with van der Waals surface area (Å²) in [5.74, 6) is 1.43. The van der Waals surface area contributed by atoms with Crippen molar-refractivity contribution in [2.75, 3.05) is 19.0 Å². The SMILES string of the molecule is O=C(c1cccc(I)c1)N1CCC(CCCl)C1. The first-order chi connectivity index (χ1) is 8.20. The maximum absolute atomic E-state index is 12.2. The van der Waals surface area contributed by atoms with E-state index in [4.69, 9.17) is 11.6 Å². The van der Waals surface area contributed by atoms with Gasteiger partial charge in [0.05, 0.1) is 0 Å². The number of carbonyl (C=O) groups excluding carboxylic acids is 1. The highest BCUT2D eigenvalue weighted by atomic mass is 127. The zero-order valence-corrected chi connectivity index (χ0v) is 12.4. The number of amides is 1. The minimum Gasteiger partial charge on any atom is -0.338 e. The summed E-state index contributed by atoms with van der Waals surface area (Å²) in [6, 6.07) is 7.76. The van der Waals surface area contributed by atoms with Gasteiger partial charge in [-0.3, -0.25) is 4.79 Å². The zero-order chi connectivity index (χ0) is 12.3. The zero-order valence-electron chi connectivity index (χ0n) is 9.53. The fourth-order valence-electron chi connectivity index (χ4n) is 2.21. The van der Waals surface area contributed by atoms with Crippen LogP contribution in [0.1, 0.15) is 23.2 Å². The lowest BCUT2D eigenvalue weighted by atomic mass is 10.1. The van der Waals surface area contributed by atoms with Crippen molar-refractivity contribution < 1.29 is 4.79 Å². The van der Waals surface area contributed by atoms with E-state index in [-0.39, 0.29) is 5.91 Å². The van der Waals surface area contributed by atoms with Crippen LogP contribution in [0, 0.1) is 9.49 Å². The molecule has 1 aliphatic heterocycles. The molecule has 0 aromatic heterocycles. The summed E-state index contributed by atoms with van der Waals surface area (Å²) < 4.78 is 1.10. The van der Waals surface area contributed by atoms with Crippen molar-refractivity contribution >= 4 is 40.1 Å². The predicted octanol–water partition coefficient (Wildman–Crippen LogP) is 3.38. The Morgan fingerprint density at radius 3 is 3.06 bits per heavy atom. The van der Waals surface area contributed by atoms with Crippen molar-refractivity contribution in [3.63, 3.8) is 0 Å². The van der Waals surface area contributed by atoms with Crippen LogP contribution in [0.25, 0.3) is 0 Å². The van der Waals surface area contributed by atoms with E-state index in [1.807, 2.05) is 29.2 Å². The molecule has 0 N–H and O–H groups in total. The van der Waals surface area contributed by atoms with Crippen LogP contribution in [-0.4, -0.2) is 29.8 Å². The minimum absolute atomic E-state index is 0.153. The number of benzene rings is 1. The van der Waals surface area contributed by atoms with Gasteiger partial charge in [0.25, 0.3) is 5.91 Å². The minimum atomic E-state index is 0.153. The molecule has 1 unspecified atom stereocenters. The molecule has 0 spiro atoms. The number of halogens is 2. The van der Waals surface area contributed by atoms with E-state index in [0.29, 0.717) is 11.8 Å². The normalized spacial score (nSPS) is 19.6. The van der Waals surface area contributed by atoms with Gasteiger partial charge in [-0.2, -0.15) is 0 Å². The van der Waals surface area contributed by atoms with Crippen LogP contribution in [0.15, 0.2) is 24.3 Å². The molecular formula is C13H15ClINO. The van der Waals surface area contributed by atoms with Gasteiger partial charge < -0.3 is 4.90 Å². The third-order valence-corrected chi connectivity index (χ3v) is 4.05. The number of carbonyl (C=O) groups is 1. The smallest absolute Gasteiger partial charge is 0.253 e. The third kappa shape index (κ3) is 3.35. The second-order valence-corrected chi connectivity index (χ2v) is 6.02. The molecule has 17 heavy (non-hydrogen) atoms. The monoisotopic (exact) mass is 363 g/mol. The van der Waals surface area contributed by atoms with E-state index in [1.165, 1.54) is 0 Å². The Hall–Kier alpha value is -0.290. The van der Waals surface area contributed by atoms with Crippen LogP contribution >= 0.6 is 34.2 Å². The van der Waals surface area contributed by atoms with Crippen LogP contribution < -0.4 is 0 Å². The molecule has 0 aliphatic carbocycles. The number of hydrogen-bond donors (Lipinski definition) is 0. The van der Waals surface area contributed by atoms with Crippen LogP contribution in [0.5, 0.6) is 0 Å². The maximum Gasteiger partial charge on any atom is 0.253 e. The van der Waals surface area contributed by atoms with Gasteiger partial charge in [-0.1, -0.05) is 6.07 Å². The number of likely N-dealkylation sites (tertiary alicyclic amines) is 1. The van der Waals surface area contributed by atoms with Crippen molar-refractivity contribution in [2.45, 2.75) is 12.8 Å². The summed E-state index contributed by atoms with van der Waals surface area (Å²) in [4.78, 5) is 14.2. The van der Waals surface area contributed by atoms with Crippen LogP contribution in [-0.2, 0) is 0 Å². The Bertz CT molecular complexity index is 410. The molecule has 1 heterocycles. The molecule has 1 fully saturated rings. The van der Waals surface area contributed by atoms with Crippen molar-refractivity contribution in [1.29, 1.82) is 0 Å². The molecule has 0 radical (unpaired) electrons. The topological polar surface area (TPSA) is 20.3 Å². The van der Waals surface area contributed by atoms with Crippen LogP contribution in [0.3, 0.4) is 0 Å². The maximum atomic E-state index is 12.2. The van der Waals surface area contributed by atoms with Gasteiger partial charge in [0.2, 0.25) is 0 Å². The van der Waals surface area contributed by atoms with Crippen molar-refractivity contribution in [2.24, 2.45) is 5.92 Å². The first kappa shape index (κ1) is 13.1. The van der Waals surface area contributed by atoms with Gasteiger partial charge in [-0.15, -0.1) is 11.6 Å². The number of rotatable bonds is 3. The van der Waals surface area contributed by atoms with E-state index in [9.17, 15) is 4.79 Å². The number of nitrogens with zero attached hydrogens (tertiary/aromatic N) is 1. The van der Waals surface area contributed by atoms with Crippen molar-refractivity contribution in [3.05, 3.63) is 33.4 Å². The summed E-state index contributed by atoms with van der Waals surface area (Å²) in [7, 11) is 0. The van der Waals surface area contributed by atoms with Gasteiger partial charge in [0.1, 0.15) is 0 Å². The largest absolute Gasteiger partial charge is 0.338 e. The van der Waals surface area contributed by atoms with Gasteiger partial charge in [-0.25, -0.2) is 0 Å². The van der Waals surface area contributed by atoms with E-state index in [2.05, 4.69) is 22.6 Å². The Balaban J connectivity index is 2.02. The third-order valence-electron chi connectivity index (χ3n) is 3.16. The van der Waals surface area contributed by atoms with Crippen LogP contribution in [0.2, 0.25) is 0 Å². The summed E-state index contributed by atoms with van der Waals surface area (Å²) in [5.41, 5.74) is 0.795. The molecule has 2 nitrogen and oxygen atoms in total. The lowest BCUT2D eigenvalue weighted by Crippen LogP contribution is -2.28. The second-order valence-electron chi connectivity index (χ2n) is 4.39. The molecular weight excluding hydrogens is 349 g/mol. The highest BCUT2D eigenvalue weighted by Gasteiger charge is 2.26. The fourth-order valence-corrected chi connectivity index (χ4v) is 3.06. The molecule has 1 aromatic carbocycles. The molecule has 1 amide bonds. The molecule has 0 saturated carbocycles. The summed E-state index contributed by atoms with van der Waals surface area (Å²) in [5, 5.41) is 0. The van der Waals surface area contributed by atoms with Crippen molar-refractivity contribution in [3.8, 4) is 0 Å². The first-order valence-corrected chi connectivity index (χ1v) is 7.43. The summed E-state index contributed by atoms with van der Waals surface area (Å²) >= 11 is 7.97. The average Bonchev–Trinajstić information content (AvgIpc) is 2.77. The molecule has 1 aliphatic rings. The summed E-state index contributed by atoms with van der Waals surface area (Å²) in [6.45, 7) is 1.73. The number of alkyl halides is 1. The Labute approximate surface area is 120 Å². The van der Waals surface area contributed by atoms with E-state index >= 15 is 0 Å². The van der Waals surface area contributed by atoms with Gasteiger partial charge in [0, 0.05) is 28.1 Å². The van der Waals surface area contributed by atoms with E-state index < -0.39 is 0 Å². The standard InChI is InChI=1S/C13H15ClINO/c14-6-4-10-5-7-16(9-10)13(17)11-2-1-3-12(15)8-11/h1-3,8,10H,4-7,9H2. The molecule has 1 saturated heterocycles. The summed E-state index contributed by atoms with van der Waals surface area (Å²) in [6.07, 6.45) is 2.10. The van der Waals surface area contributed by atoms with Crippen LogP contribution in [0.4, 0.5) is 0 Å². The molecule has 0 bridgehead atoms. The highest BCUT2D eigenvalue weighted by Crippen LogP contribution is 2.22. The van der Waals surface area contributed by atoms with Gasteiger partial charge in [0.15, 0.2) is 0 Å². The Morgan fingerprint density at radius 2 is 2.35 bits per heavy atom. The Morgan fingerprint density at radius 1 is 1.53 bits per heavy atom. The average molecular weight is 364 g/mol. The van der Waals surface area contributed by atoms with Crippen molar-refractivity contribution in [1.82, 2.24) is 4.90 Å². The number of hydrogen-bond acceptors (Lipinski definition) is 1. The lowest BCUT2D eigenvalue weighted by Gasteiger charge is -2.16. The predicted molar refractivity (Wildman–Crippen MR) is 78.5 cm³/mol. The molecule has 4 heteroatoms. The molecule has 1 aromatic rings. The second kappa shape index (κ2) is 6.05. The fraction of sp³-hybridized carbons (Fsp3) is 0.462. The quantitative estimate of drug-likeness (QED) is 0.595. The van der Waals surface area contributed by atoms with Gasteiger partial charge in [-0.05, 0) is 59.5 Å². The van der Waals surface area contributed by atoms with Gasteiger partial charge >= 0.3 is 0 Å². The Kier molecular flexibility index (Phi) is 4.68. The first-order valence-electron chi connectivity index (χ1n) is 5.81.